The number of carbonyl (C=O) groups is 2. The molecule has 0 unspecified atom stereocenters. The maximum absolute atomic E-state index is 12.1. The Labute approximate surface area is 149 Å². The molecule has 0 atom stereocenters. The van der Waals surface area contributed by atoms with Crippen LogP contribution in [0.15, 0.2) is 60.7 Å². The molecule has 0 bridgehead atoms. The fourth-order valence-electron chi connectivity index (χ4n) is 2.22. The summed E-state index contributed by atoms with van der Waals surface area (Å²) in [7, 11) is 0. The fraction of sp³-hybridized carbons (Fsp3) is 0.0556. The van der Waals surface area contributed by atoms with Crippen LogP contribution in [0.1, 0.15) is 16.1 Å². The first kappa shape index (κ1) is 16.7. The second kappa shape index (κ2) is 7.63. The summed E-state index contributed by atoms with van der Waals surface area (Å²) in [6.45, 7) is 0. The van der Waals surface area contributed by atoms with E-state index < -0.39 is 5.91 Å². The molecular weight excluding hydrogens is 340 g/mol. The Morgan fingerprint density at radius 2 is 1.72 bits per heavy atom. The summed E-state index contributed by atoms with van der Waals surface area (Å²) in [5.74, 6) is -0.808. The van der Waals surface area contributed by atoms with Crippen molar-refractivity contribution < 1.29 is 9.59 Å². The molecule has 0 aliphatic rings. The lowest BCUT2D eigenvalue weighted by Gasteiger charge is -2.06. The molecule has 6 nitrogen and oxygen atoms in total. The molecule has 3 N–H and O–H groups in total. The Morgan fingerprint density at radius 3 is 2.44 bits per heavy atom. The Hall–Kier alpha value is -3.12. The van der Waals surface area contributed by atoms with Gasteiger partial charge in [0.2, 0.25) is 5.91 Å². The lowest BCUT2D eigenvalue weighted by molar-refractivity contribution is -0.121. The van der Waals surface area contributed by atoms with E-state index in [9.17, 15) is 9.59 Å². The number of hydrogen-bond acceptors (Lipinski definition) is 3. The van der Waals surface area contributed by atoms with Gasteiger partial charge in [-0.25, -0.2) is 0 Å². The summed E-state index contributed by atoms with van der Waals surface area (Å²) in [4.78, 5) is 24.0. The molecule has 0 saturated carbocycles. The first-order valence-corrected chi connectivity index (χ1v) is 7.94. The van der Waals surface area contributed by atoms with Gasteiger partial charge in [0.1, 0.15) is 5.69 Å². The molecule has 2 aromatic carbocycles. The third kappa shape index (κ3) is 4.45. The van der Waals surface area contributed by atoms with Crippen molar-refractivity contribution in [1.82, 2.24) is 21.0 Å². The van der Waals surface area contributed by atoms with Gasteiger partial charge in [-0.05, 0) is 23.8 Å². The molecule has 1 heterocycles. The first-order chi connectivity index (χ1) is 12.1. The van der Waals surface area contributed by atoms with Gasteiger partial charge in [0.25, 0.3) is 5.91 Å². The Morgan fingerprint density at radius 1 is 1.00 bits per heavy atom. The molecule has 7 heteroatoms. The number of amides is 2. The van der Waals surface area contributed by atoms with Gasteiger partial charge in [0.15, 0.2) is 0 Å². The van der Waals surface area contributed by atoms with Crippen LogP contribution in [0.25, 0.3) is 11.3 Å². The molecule has 126 valence electrons. The Bertz CT molecular complexity index is 876. The highest BCUT2D eigenvalue weighted by Crippen LogP contribution is 2.16. The SMILES string of the molecule is O=C(Cc1ccc(Cl)cc1)NNC(=O)c1cc(-c2ccccc2)n[nH]1. The van der Waals surface area contributed by atoms with Crippen LogP contribution >= 0.6 is 11.6 Å². The van der Waals surface area contributed by atoms with E-state index in [1.54, 1.807) is 30.3 Å². The molecule has 0 aliphatic heterocycles. The molecule has 0 aliphatic carbocycles. The van der Waals surface area contributed by atoms with Gasteiger partial charge in [-0.2, -0.15) is 5.10 Å². The number of aromatic nitrogens is 2. The third-order valence-electron chi connectivity index (χ3n) is 3.49. The summed E-state index contributed by atoms with van der Waals surface area (Å²) in [6, 6.07) is 18.0. The van der Waals surface area contributed by atoms with E-state index in [1.807, 2.05) is 30.3 Å². The quantitative estimate of drug-likeness (QED) is 0.629. The monoisotopic (exact) mass is 354 g/mol. The summed E-state index contributed by atoms with van der Waals surface area (Å²) in [5, 5.41) is 7.36. The average Bonchev–Trinajstić information content (AvgIpc) is 3.13. The second-order valence-corrected chi connectivity index (χ2v) is 5.77. The molecular formula is C18H15ClN4O2. The van der Waals surface area contributed by atoms with Crippen molar-refractivity contribution in [3.63, 3.8) is 0 Å². The van der Waals surface area contributed by atoms with Crippen molar-refractivity contribution in [3.8, 4) is 11.3 Å². The molecule has 1 aromatic heterocycles. The van der Waals surface area contributed by atoms with Gasteiger partial charge in [-0.15, -0.1) is 0 Å². The molecule has 25 heavy (non-hydrogen) atoms. The van der Waals surface area contributed by atoms with Crippen LogP contribution in [-0.2, 0) is 11.2 Å². The van der Waals surface area contributed by atoms with Crippen LogP contribution in [0.4, 0.5) is 0 Å². The number of nitrogens with zero attached hydrogens (tertiary/aromatic N) is 1. The van der Waals surface area contributed by atoms with Crippen molar-refractivity contribution in [2.75, 3.05) is 0 Å². The highest BCUT2D eigenvalue weighted by molar-refractivity contribution is 6.30. The Kier molecular flexibility index (Phi) is 5.11. The predicted molar refractivity (Wildman–Crippen MR) is 94.8 cm³/mol. The predicted octanol–water partition coefficient (Wildman–Crippen LogP) is 2.73. The smallest absolute Gasteiger partial charge is 0.273 e. The van der Waals surface area contributed by atoms with Gasteiger partial charge in [-0.3, -0.25) is 25.5 Å². The summed E-state index contributed by atoms with van der Waals surface area (Å²) < 4.78 is 0. The number of halogens is 1. The first-order valence-electron chi connectivity index (χ1n) is 7.56. The minimum Gasteiger partial charge on any atom is -0.273 e. The normalized spacial score (nSPS) is 10.3. The summed E-state index contributed by atoms with van der Waals surface area (Å²) in [6.07, 6.45) is 0.135. The lowest BCUT2D eigenvalue weighted by Crippen LogP contribution is -2.42. The van der Waals surface area contributed by atoms with Crippen LogP contribution in [0, 0.1) is 0 Å². The largest absolute Gasteiger partial charge is 0.287 e. The second-order valence-electron chi connectivity index (χ2n) is 5.34. The van der Waals surface area contributed by atoms with Gasteiger partial charge in [-0.1, -0.05) is 54.1 Å². The van der Waals surface area contributed by atoms with Crippen LogP contribution < -0.4 is 10.9 Å². The van der Waals surface area contributed by atoms with Crippen LogP contribution in [0.3, 0.4) is 0 Å². The zero-order valence-electron chi connectivity index (χ0n) is 13.1. The minimum absolute atomic E-state index is 0.135. The van der Waals surface area contributed by atoms with Crippen molar-refractivity contribution in [3.05, 3.63) is 76.9 Å². The lowest BCUT2D eigenvalue weighted by atomic mass is 10.1. The van der Waals surface area contributed by atoms with E-state index in [1.165, 1.54) is 0 Å². The third-order valence-corrected chi connectivity index (χ3v) is 3.74. The number of benzene rings is 2. The molecule has 0 radical (unpaired) electrons. The number of aromatic amines is 1. The van der Waals surface area contributed by atoms with Gasteiger partial charge < -0.3 is 0 Å². The van der Waals surface area contributed by atoms with Crippen molar-refractivity contribution in [2.45, 2.75) is 6.42 Å². The molecule has 0 spiro atoms. The van der Waals surface area contributed by atoms with E-state index in [4.69, 9.17) is 11.6 Å². The van der Waals surface area contributed by atoms with Crippen LogP contribution in [-0.4, -0.2) is 22.0 Å². The summed E-state index contributed by atoms with van der Waals surface area (Å²) >= 11 is 5.80. The van der Waals surface area contributed by atoms with E-state index in [0.717, 1.165) is 11.1 Å². The molecule has 3 aromatic rings. The van der Waals surface area contributed by atoms with E-state index in [2.05, 4.69) is 21.0 Å². The van der Waals surface area contributed by atoms with Crippen LogP contribution in [0.2, 0.25) is 5.02 Å². The van der Waals surface area contributed by atoms with Gasteiger partial charge >= 0.3 is 0 Å². The van der Waals surface area contributed by atoms with Crippen molar-refractivity contribution >= 4 is 23.4 Å². The molecule has 0 saturated heterocycles. The number of carbonyl (C=O) groups excluding carboxylic acids is 2. The van der Waals surface area contributed by atoms with Crippen molar-refractivity contribution in [2.24, 2.45) is 0 Å². The minimum atomic E-state index is -0.473. The maximum Gasteiger partial charge on any atom is 0.287 e. The van der Waals surface area contributed by atoms with Gasteiger partial charge in [0.05, 0.1) is 12.1 Å². The highest BCUT2D eigenvalue weighted by Gasteiger charge is 2.12. The van der Waals surface area contributed by atoms with E-state index in [0.29, 0.717) is 10.7 Å². The topological polar surface area (TPSA) is 86.9 Å². The summed E-state index contributed by atoms with van der Waals surface area (Å²) in [5.41, 5.74) is 7.33. The highest BCUT2D eigenvalue weighted by atomic mass is 35.5. The number of nitrogens with one attached hydrogen (secondary N) is 3. The van der Waals surface area contributed by atoms with E-state index >= 15 is 0 Å². The maximum atomic E-state index is 12.1. The Balaban J connectivity index is 1.55. The number of hydrogen-bond donors (Lipinski definition) is 3. The standard InChI is InChI=1S/C18H15ClN4O2/c19-14-8-6-12(7-9-14)10-17(24)22-23-18(25)16-11-15(20-21-16)13-4-2-1-3-5-13/h1-9,11H,10H2,(H,20,21)(H,22,24)(H,23,25). The van der Waals surface area contributed by atoms with E-state index in [-0.39, 0.29) is 18.0 Å². The number of H-pyrrole nitrogens is 1. The fourth-order valence-corrected chi connectivity index (χ4v) is 2.35. The average molecular weight is 355 g/mol. The zero-order valence-corrected chi connectivity index (χ0v) is 13.9. The number of rotatable bonds is 4. The molecule has 3 rings (SSSR count). The molecule has 0 fully saturated rings. The van der Waals surface area contributed by atoms with Crippen LogP contribution in [0.5, 0.6) is 0 Å². The number of hydrazine groups is 1. The van der Waals surface area contributed by atoms with Crippen molar-refractivity contribution in [1.29, 1.82) is 0 Å². The zero-order chi connectivity index (χ0) is 17.6. The molecule has 2 amide bonds. The van der Waals surface area contributed by atoms with Gasteiger partial charge in [0, 0.05) is 10.6 Å².